The number of sulfonamides is 1. The lowest BCUT2D eigenvalue weighted by atomic mass is 10.1. The molecule has 2 N–H and O–H groups in total. The molecule has 8 nitrogen and oxygen atoms in total. The number of hydrogen-bond donors (Lipinski definition) is 2. The van der Waals surface area contributed by atoms with Gasteiger partial charge in [0.05, 0.1) is 30.3 Å². The smallest absolute Gasteiger partial charge is 0.253 e. The third kappa shape index (κ3) is 6.71. The van der Waals surface area contributed by atoms with Crippen LogP contribution in [0.15, 0.2) is 42.5 Å². The molecule has 0 saturated heterocycles. The van der Waals surface area contributed by atoms with Gasteiger partial charge in [-0.3, -0.25) is 13.9 Å². The molecule has 0 aliphatic rings. The van der Waals surface area contributed by atoms with Gasteiger partial charge in [-0.2, -0.15) is 0 Å². The highest BCUT2D eigenvalue weighted by Gasteiger charge is 2.25. The zero-order chi connectivity index (χ0) is 23.2. The van der Waals surface area contributed by atoms with Crippen LogP contribution in [0.5, 0.6) is 5.75 Å². The van der Waals surface area contributed by atoms with E-state index in [4.69, 9.17) is 4.74 Å². The van der Waals surface area contributed by atoms with Crippen LogP contribution in [0, 0.1) is 12.8 Å². The predicted molar refractivity (Wildman–Crippen MR) is 122 cm³/mol. The third-order valence-corrected chi connectivity index (χ3v) is 5.53. The van der Waals surface area contributed by atoms with Crippen molar-refractivity contribution in [2.24, 2.45) is 5.92 Å². The molecule has 0 radical (unpaired) electrons. The van der Waals surface area contributed by atoms with E-state index in [0.717, 1.165) is 16.1 Å². The van der Waals surface area contributed by atoms with E-state index in [1.54, 1.807) is 42.5 Å². The molecule has 0 aliphatic heterocycles. The number of hydrogen-bond acceptors (Lipinski definition) is 5. The summed E-state index contributed by atoms with van der Waals surface area (Å²) in [6, 6.07) is 11.7. The predicted octanol–water partition coefficient (Wildman–Crippen LogP) is 2.79. The Hall–Kier alpha value is -3.07. The number of aryl methyl sites for hydroxylation is 1. The van der Waals surface area contributed by atoms with E-state index >= 15 is 0 Å². The molecule has 0 fully saturated rings. The number of rotatable bonds is 9. The van der Waals surface area contributed by atoms with Crippen molar-refractivity contribution in [3.63, 3.8) is 0 Å². The SMILES string of the molecule is COc1ccc(C)cc1N(CC(=O)Nc1ccccc1C(=O)NCC(C)C)S(C)(=O)=O. The van der Waals surface area contributed by atoms with E-state index in [-0.39, 0.29) is 17.5 Å². The van der Waals surface area contributed by atoms with Crippen molar-refractivity contribution in [2.45, 2.75) is 20.8 Å². The number of carbonyl (C=O) groups excluding carboxylic acids is 2. The number of anilines is 2. The first-order valence-corrected chi connectivity index (χ1v) is 11.7. The Labute approximate surface area is 183 Å². The second-order valence-electron chi connectivity index (χ2n) is 7.64. The summed E-state index contributed by atoms with van der Waals surface area (Å²) in [5, 5.41) is 5.47. The van der Waals surface area contributed by atoms with Crippen molar-refractivity contribution in [3.05, 3.63) is 53.6 Å². The van der Waals surface area contributed by atoms with E-state index in [0.29, 0.717) is 23.5 Å². The summed E-state index contributed by atoms with van der Waals surface area (Å²) >= 11 is 0. The Kier molecular flexibility index (Phi) is 8.04. The van der Waals surface area contributed by atoms with E-state index in [1.807, 2.05) is 20.8 Å². The molecule has 0 bridgehead atoms. The number of amides is 2. The van der Waals surface area contributed by atoms with E-state index in [9.17, 15) is 18.0 Å². The van der Waals surface area contributed by atoms with Crippen molar-refractivity contribution in [1.82, 2.24) is 5.32 Å². The quantitative estimate of drug-likeness (QED) is 0.615. The fourth-order valence-corrected chi connectivity index (χ4v) is 3.73. The number of ether oxygens (including phenoxy) is 1. The average Bonchev–Trinajstić information content (AvgIpc) is 2.69. The zero-order valence-electron chi connectivity index (χ0n) is 18.4. The van der Waals surface area contributed by atoms with Crippen LogP contribution in [0.3, 0.4) is 0 Å². The third-order valence-electron chi connectivity index (χ3n) is 4.41. The fraction of sp³-hybridized carbons (Fsp3) is 0.364. The maximum atomic E-state index is 12.8. The lowest BCUT2D eigenvalue weighted by Crippen LogP contribution is -2.38. The molecule has 31 heavy (non-hydrogen) atoms. The monoisotopic (exact) mass is 447 g/mol. The van der Waals surface area contributed by atoms with Crippen molar-refractivity contribution >= 4 is 33.2 Å². The molecular weight excluding hydrogens is 418 g/mol. The first-order chi connectivity index (χ1) is 14.5. The van der Waals surface area contributed by atoms with Crippen LogP contribution in [-0.2, 0) is 14.8 Å². The summed E-state index contributed by atoms with van der Waals surface area (Å²) in [5.74, 6) is -0.293. The molecule has 168 valence electrons. The van der Waals surface area contributed by atoms with Crippen LogP contribution >= 0.6 is 0 Å². The summed E-state index contributed by atoms with van der Waals surface area (Å²) in [6.07, 6.45) is 1.02. The lowest BCUT2D eigenvalue weighted by Gasteiger charge is -2.24. The highest BCUT2D eigenvalue weighted by atomic mass is 32.2. The van der Waals surface area contributed by atoms with Crippen molar-refractivity contribution in [1.29, 1.82) is 0 Å². The maximum Gasteiger partial charge on any atom is 0.253 e. The maximum absolute atomic E-state index is 12.8. The summed E-state index contributed by atoms with van der Waals surface area (Å²) < 4.78 is 31.2. The minimum absolute atomic E-state index is 0.267. The largest absolute Gasteiger partial charge is 0.495 e. The standard InChI is InChI=1S/C22H29N3O5S/c1-15(2)13-23-22(27)17-8-6-7-9-18(17)24-21(26)14-25(31(5,28)29)19-12-16(3)10-11-20(19)30-4/h6-12,15H,13-14H2,1-5H3,(H,23,27)(H,24,26). The van der Waals surface area contributed by atoms with E-state index in [1.165, 1.54) is 7.11 Å². The van der Waals surface area contributed by atoms with Gasteiger partial charge in [0, 0.05) is 6.54 Å². The molecular formula is C22H29N3O5S. The highest BCUT2D eigenvalue weighted by molar-refractivity contribution is 7.92. The summed E-state index contributed by atoms with van der Waals surface area (Å²) in [5.41, 5.74) is 1.69. The average molecular weight is 448 g/mol. The second kappa shape index (κ2) is 10.3. The number of nitrogens with zero attached hydrogens (tertiary/aromatic N) is 1. The molecule has 0 unspecified atom stereocenters. The van der Waals surface area contributed by atoms with Crippen molar-refractivity contribution in [3.8, 4) is 5.75 Å². The van der Waals surface area contributed by atoms with Crippen LogP contribution in [0.4, 0.5) is 11.4 Å². The fourth-order valence-electron chi connectivity index (χ4n) is 2.88. The lowest BCUT2D eigenvalue weighted by molar-refractivity contribution is -0.114. The molecule has 2 rings (SSSR count). The Morgan fingerprint density at radius 3 is 2.42 bits per heavy atom. The Balaban J connectivity index is 2.28. The highest BCUT2D eigenvalue weighted by Crippen LogP contribution is 2.31. The molecule has 9 heteroatoms. The zero-order valence-corrected chi connectivity index (χ0v) is 19.2. The summed E-state index contributed by atoms with van der Waals surface area (Å²) in [6.45, 7) is 5.80. The Morgan fingerprint density at radius 2 is 1.81 bits per heavy atom. The first kappa shape index (κ1) is 24.2. The number of benzene rings is 2. The van der Waals surface area contributed by atoms with Crippen LogP contribution in [-0.4, -0.2) is 46.7 Å². The van der Waals surface area contributed by atoms with Crippen LogP contribution in [0.25, 0.3) is 0 Å². The first-order valence-electron chi connectivity index (χ1n) is 9.82. The van der Waals surface area contributed by atoms with Gasteiger partial charge in [-0.25, -0.2) is 8.42 Å². The molecule has 0 aromatic heterocycles. The molecule has 0 atom stereocenters. The van der Waals surface area contributed by atoms with Gasteiger partial charge >= 0.3 is 0 Å². The van der Waals surface area contributed by atoms with Gasteiger partial charge < -0.3 is 15.4 Å². The van der Waals surface area contributed by atoms with Gasteiger partial charge in [-0.15, -0.1) is 0 Å². The number of para-hydroxylation sites is 1. The van der Waals surface area contributed by atoms with Crippen LogP contribution < -0.4 is 19.7 Å². The molecule has 2 aromatic rings. The molecule has 2 aromatic carbocycles. The van der Waals surface area contributed by atoms with Crippen LogP contribution in [0.1, 0.15) is 29.8 Å². The van der Waals surface area contributed by atoms with Gasteiger partial charge in [-0.1, -0.05) is 32.0 Å². The number of methoxy groups -OCH3 is 1. The molecule has 0 saturated carbocycles. The molecule has 0 aliphatic carbocycles. The topological polar surface area (TPSA) is 105 Å². The molecule has 2 amide bonds. The normalized spacial score (nSPS) is 11.2. The summed E-state index contributed by atoms with van der Waals surface area (Å²) in [4.78, 5) is 25.3. The van der Waals surface area contributed by atoms with Gasteiger partial charge in [-0.05, 0) is 42.7 Å². The number of nitrogens with one attached hydrogen (secondary N) is 2. The second-order valence-corrected chi connectivity index (χ2v) is 9.55. The summed E-state index contributed by atoms with van der Waals surface area (Å²) in [7, 11) is -2.35. The van der Waals surface area contributed by atoms with E-state index < -0.39 is 22.5 Å². The van der Waals surface area contributed by atoms with Gasteiger partial charge in [0.1, 0.15) is 12.3 Å². The number of carbonyl (C=O) groups is 2. The molecule has 0 heterocycles. The Bertz CT molecular complexity index is 1050. The molecule has 0 spiro atoms. The minimum Gasteiger partial charge on any atom is -0.495 e. The van der Waals surface area contributed by atoms with Gasteiger partial charge in [0.15, 0.2) is 0 Å². The van der Waals surface area contributed by atoms with Gasteiger partial charge in [0.2, 0.25) is 15.9 Å². The van der Waals surface area contributed by atoms with E-state index in [2.05, 4.69) is 10.6 Å². The van der Waals surface area contributed by atoms with Gasteiger partial charge in [0.25, 0.3) is 5.91 Å². The van der Waals surface area contributed by atoms with Crippen LogP contribution in [0.2, 0.25) is 0 Å². The Morgan fingerprint density at radius 1 is 1.13 bits per heavy atom. The minimum atomic E-state index is -3.79. The van der Waals surface area contributed by atoms with Crippen molar-refractivity contribution < 1.29 is 22.7 Å². The van der Waals surface area contributed by atoms with Crippen molar-refractivity contribution in [2.75, 3.05) is 36.1 Å².